The van der Waals surface area contributed by atoms with Gasteiger partial charge in [0.05, 0.1) is 12.2 Å². The summed E-state index contributed by atoms with van der Waals surface area (Å²) >= 11 is 0. The predicted molar refractivity (Wildman–Crippen MR) is 44.7 cm³/mol. The molecule has 0 aromatic heterocycles. The van der Waals surface area contributed by atoms with Gasteiger partial charge in [-0.3, -0.25) is 0 Å². The second kappa shape index (κ2) is 3.71. The predicted octanol–water partition coefficient (Wildman–Crippen LogP) is 1.52. The molecule has 2 nitrogen and oxygen atoms in total. The van der Waals surface area contributed by atoms with Crippen molar-refractivity contribution in [1.29, 1.82) is 0 Å². The summed E-state index contributed by atoms with van der Waals surface area (Å²) in [6.07, 6.45) is -2.25. The summed E-state index contributed by atoms with van der Waals surface area (Å²) in [4.78, 5) is 0. The molecular formula is C9H17FO2. The Morgan fingerprint density at radius 2 is 2.08 bits per heavy atom. The van der Waals surface area contributed by atoms with Crippen molar-refractivity contribution < 1.29 is 14.2 Å². The second-order valence-electron chi connectivity index (χ2n) is 3.73. The number of hydrogen-bond donors (Lipinski definition) is 1. The highest BCUT2D eigenvalue weighted by atomic mass is 19.1. The van der Waals surface area contributed by atoms with Gasteiger partial charge in [-0.2, -0.15) is 0 Å². The molecule has 3 heteroatoms. The van der Waals surface area contributed by atoms with Crippen LogP contribution in [-0.4, -0.2) is 29.6 Å². The summed E-state index contributed by atoms with van der Waals surface area (Å²) in [6, 6.07) is 0. The molecule has 0 radical (unpaired) electrons. The number of aliphatic hydroxyl groups is 1. The number of rotatable bonds is 2. The van der Waals surface area contributed by atoms with Gasteiger partial charge >= 0.3 is 0 Å². The van der Waals surface area contributed by atoms with Crippen LogP contribution in [0.5, 0.6) is 0 Å². The third kappa shape index (κ3) is 1.62. The molecule has 72 valence electrons. The molecule has 0 bridgehead atoms. The van der Waals surface area contributed by atoms with Crippen LogP contribution in [0.1, 0.15) is 27.2 Å². The van der Waals surface area contributed by atoms with Crippen LogP contribution in [0.3, 0.4) is 0 Å². The highest BCUT2D eigenvalue weighted by Crippen LogP contribution is 2.29. The molecule has 0 unspecified atom stereocenters. The number of aliphatic hydroxyl groups excluding tert-OH is 1. The van der Waals surface area contributed by atoms with Crippen LogP contribution in [0.2, 0.25) is 0 Å². The van der Waals surface area contributed by atoms with Crippen molar-refractivity contribution in [2.45, 2.75) is 51.7 Å². The van der Waals surface area contributed by atoms with E-state index < -0.39 is 18.4 Å². The Kier molecular flexibility index (Phi) is 3.07. The SMILES string of the molecule is CC[C@@H]1O[C@H](C(C)C)[C@@H](O)[C@H]1F. The largest absolute Gasteiger partial charge is 0.387 e. The minimum Gasteiger partial charge on any atom is -0.387 e. The molecule has 1 rings (SSSR count). The monoisotopic (exact) mass is 176 g/mol. The van der Waals surface area contributed by atoms with Gasteiger partial charge in [-0.05, 0) is 12.3 Å². The van der Waals surface area contributed by atoms with E-state index >= 15 is 0 Å². The van der Waals surface area contributed by atoms with Gasteiger partial charge in [0.15, 0.2) is 6.17 Å². The zero-order valence-corrected chi connectivity index (χ0v) is 7.83. The van der Waals surface area contributed by atoms with Gasteiger partial charge in [-0.15, -0.1) is 0 Å². The summed E-state index contributed by atoms with van der Waals surface area (Å²) < 4.78 is 18.6. The van der Waals surface area contributed by atoms with Gasteiger partial charge < -0.3 is 9.84 Å². The van der Waals surface area contributed by atoms with Crippen molar-refractivity contribution in [2.75, 3.05) is 0 Å². The summed E-state index contributed by atoms with van der Waals surface area (Å²) in [5.41, 5.74) is 0. The number of halogens is 1. The summed E-state index contributed by atoms with van der Waals surface area (Å²) in [7, 11) is 0. The molecule has 0 aromatic carbocycles. The molecule has 1 heterocycles. The first-order valence-electron chi connectivity index (χ1n) is 4.55. The minimum atomic E-state index is -1.21. The van der Waals surface area contributed by atoms with Crippen molar-refractivity contribution in [3.8, 4) is 0 Å². The van der Waals surface area contributed by atoms with E-state index in [2.05, 4.69) is 0 Å². The second-order valence-corrected chi connectivity index (χ2v) is 3.73. The van der Waals surface area contributed by atoms with Crippen LogP contribution >= 0.6 is 0 Å². The van der Waals surface area contributed by atoms with Gasteiger partial charge in [0.2, 0.25) is 0 Å². The maximum absolute atomic E-state index is 13.2. The smallest absolute Gasteiger partial charge is 0.154 e. The molecule has 1 N–H and O–H groups in total. The first-order valence-corrected chi connectivity index (χ1v) is 4.55. The van der Waals surface area contributed by atoms with E-state index in [-0.39, 0.29) is 12.0 Å². The third-order valence-electron chi connectivity index (χ3n) is 2.41. The van der Waals surface area contributed by atoms with Crippen LogP contribution in [0, 0.1) is 5.92 Å². The van der Waals surface area contributed by atoms with Crippen molar-refractivity contribution >= 4 is 0 Å². The van der Waals surface area contributed by atoms with Crippen molar-refractivity contribution in [1.82, 2.24) is 0 Å². The number of ether oxygens (including phenoxy) is 1. The number of alkyl halides is 1. The molecule has 1 aliphatic rings. The molecular weight excluding hydrogens is 159 g/mol. The Morgan fingerprint density at radius 1 is 1.50 bits per heavy atom. The van der Waals surface area contributed by atoms with E-state index in [1.807, 2.05) is 20.8 Å². The molecule has 1 aliphatic heterocycles. The molecule has 4 atom stereocenters. The van der Waals surface area contributed by atoms with Gasteiger partial charge in [-0.1, -0.05) is 20.8 Å². The molecule has 1 fully saturated rings. The maximum Gasteiger partial charge on any atom is 0.154 e. The molecule has 0 aliphatic carbocycles. The molecule has 0 aromatic rings. The van der Waals surface area contributed by atoms with Crippen molar-refractivity contribution in [3.63, 3.8) is 0 Å². The Balaban J connectivity index is 2.60. The Labute approximate surface area is 72.7 Å². The highest BCUT2D eigenvalue weighted by molar-refractivity contribution is 4.91. The average molecular weight is 176 g/mol. The van der Waals surface area contributed by atoms with E-state index in [1.165, 1.54) is 0 Å². The maximum atomic E-state index is 13.2. The Hall–Kier alpha value is -0.150. The van der Waals surface area contributed by atoms with E-state index in [0.29, 0.717) is 6.42 Å². The van der Waals surface area contributed by atoms with E-state index in [4.69, 9.17) is 4.74 Å². The van der Waals surface area contributed by atoms with E-state index in [9.17, 15) is 9.50 Å². The van der Waals surface area contributed by atoms with E-state index in [1.54, 1.807) is 0 Å². The first kappa shape index (κ1) is 9.93. The van der Waals surface area contributed by atoms with Crippen LogP contribution in [0.4, 0.5) is 4.39 Å². The van der Waals surface area contributed by atoms with Crippen LogP contribution in [0.25, 0.3) is 0 Å². The molecule has 12 heavy (non-hydrogen) atoms. The fourth-order valence-electron chi connectivity index (χ4n) is 1.63. The van der Waals surface area contributed by atoms with Crippen LogP contribution < -0.4 is 0 Å². The Bertz CT molecular complexity index is 149. The van der Waals surface area contributed by atoms with Gasteiger partial charge in [0.1, 0.15) is 6.10 Å². The normalized spacial score (nSPS) is 42.5. The first-order chi connectivity index (χ1) is 5.57. The minimum absolute atomic E-state index is 0.176. The van der Waals surface area contributed by atoms with Gasteiger partial charge in [-0.25, -0.2) is 4.39 Å². The average Bonchev–Trinajstić information content (AvgIpc) is 2.30. The Morgan fingerprint density at radius 3 is 2.33 bits per heavy atom. The van der Waals surface area contributed by atoms with Gasteiger partial charge in [0, 0.05) is 0 Å². The van der Waals surface area contributed by atoms with E-state index in [0.717, 1.165) is 0 Å². The zero-order valence-electron chi connectivity index (χ0n) is 7.83. The topological polar surface area (TPSA) is 29.5 Å². The lowest BCUT2D eigenvalue weighted by Gasteiger charge is -2.17. The molecule has 0 amide bonds. The van der Waals surface area contributed by atoms with Crippen molar-refractivity contribution in [3.05, 3.63) is 0 Å². The summed E-state index contributed by atoms with van der Waals surface area (Å²) in [5, 5.41) is 9.43. The fraction of sp³-hybridized carbons (Fsp3) is 1.00. The molecule has 0 saturated carbocycles. The summed E-state index contributed by atoms with van der Waals surface area (Å²) in [6.45, 7) is 5.73. The quantitative estimate of drug-likeness (QED) is 0.691. The lowest BCUT2D eigenvalue weighted by atomic mass is 10.00. The van der Waals surface area contributed by atoms with Crippen LogP contribution in [0.15, 0.2) is 0 Å². The zero-order chi connectivity index (χ0) is 9.30. The van der Waals surface area contributed by atoms with Crippen molar-refractivity contribution in [2.24, 2.45) is 5.92 Å². The fourth-order valence-corrected chi connectivity index (χ4v) is 1.63. The lowest BCUT2D eigenvalue weighted by Crippen LogP contribution is -2.31. The third-order valence-corrected chi connectivity index (χ3v) is 2.41. The van der Waals surface area contributed by atoms with Crippen LogP contribution in [-0.2, 0) is 4.74 Å². The molecule has 1 saturated heterocycles. The highest BCUT2D eigenvalue weighted by Gasteiger charge is 2.44. The standard InChI is InChI=1S/C9H17FO2/c1-4-6-7(10)8(11)9(12-6)5(2)3/h5-9,11H,4H2,1-3H3/t6-,7-,8-,9+/m0/s1. The molecule has 0 spiro atoms. The van der Waals surface area contributed by atoms with Gasteiger partial charge in [0.25, 0.3) is 0 Å². The number of hydrogen-bond acceptors (Lipinski definition) is 2. The summed E-state index contributed by atoms with van der Waals surface area (Å²) in [5.74, 6) is 0.176. The lowest BCUT2D eigenvalue weighted by molar-refractivity contribution is -0.0175.